The van der Waals surface area contributed by atoms with Gasteiger partial charge in [0.2, 0.25) is 5.88 Å². The van der Waals surface area contributed by atoms with Gasteiger partial charge in [0.15, 0.2) is 0 Å². The second-order valence-corrected chi connectivity index (χ2v) is 2.84. The summed E-state index contributed by atoms with van der Waals surface area (Å²) in [6.07, 6.45) is 4.11. The fourth-order valence-electron chi connectivity index (χ4n) is 0.809. The van der Waals surface area contributed by atoms with E-state index in [4.69, 9.17) is 9.84 Å². The van der Waals surface area contributed by atoms with E-state index in [1.807, 2.05) is 13.8 Å². The van der Waals surface area contributed by atoms with Crippen molar-refractivity contribution >= 4 is 0 Å². The summed E-state index contributed by atoms with van der Waals surface area (Å²) in [6, 6.07) is 0. The van der Waals surface area contributed by atoms with E-state index in [0.29, 0.717) is 11.6 Å². The molecule has 0 spiro atoms. The largest absolute Gasteiger partial charge is 0.474 e. The highest BCUT2D eigenvalue weighted by Crippen LogP contribution is 2.08. The molecule has 1 heterocycles. The van der Waals surface area contributed by atoms with Crippen molar-refractivity contribution in [1.29, 1.82) is 0 Å². The van der Waals surface area contributed by atoms with Crippen LogP contribution in [0, 0.1) is 0 Å². The van der Waals surface area contributed by atoms with Crippen molar-refractivity contribution in [2.45, 2.75) is 33.0 Å². The first kappa shape index (κ1) is 9.92. The Morgan fingerprint density at radius 2 is 2.31 bits per heavy atom. The number of ether oxygens (including phenoxy) is 1. The number of rotatable bonds is 4. The summed E-state index contributed by atoms with van der Waals surface area (Å²) in [4.78, 5) is 7.94. The van der Waals surface area contributed by atoms with Crippen LogP contribution in [0.25, 0.3) is 0 Å². The minimum Gasteiger partial charge on any atom is -0.474 e. The molecule has 0 saturated carbocycles. The van der Waals surface area contributed by atoms with Gasteiger partial charge in [-0.05, 0) is 13.3 Å². The van der Waals surface area contributed by atoms with E-state index in [1.54, 1.807) is 6.20 Å². The van der Waals surface area contributed by atoms with Crippen LogP contribution in [-0.4, -0.2) is 21.2 Å². The Hall–Kier alpha value is -1.16. The monoisotopic (exact) mass is 182 g/mol. The SMILES string of the molecule is CCC(C)Oc1cncc(CO)n1. The molecule has 4 heteroatoms. The van der Waals surface area contributed by atoms with Crippen LogP contribution in [0.5, 0.6) is 5.88 Å². The summed E-state index contributed by atoms with van der Waals surface area (Å²) in [7, 11) is 0. The van der Waals surface area contributed by atoms with Gasteiger partial charge < -0.3 is 9.84 Å². The zero-order valence-electron chi connectivity index (χ0n) is 7.90. The predicted molar refractivity (Wildman–Crippen MR) is 48.3 cm³/mol. The predicted octanol–water partition coefficient (Wildman–Crippen LogP) is 1.15. The summed E-state index contributed by atoms with van der Waals surface area (Å²) in [6.45, 7) is 3.89. The molecule has 13 heavy (non-hydrogen) atoms. The average molecular weight is 182 g/mol. The minimum atomic E-state index is -0.106. The molecule has 1 aromatic heterocycles. The third-order valence-corrected chi connectivity index (χ3v) is 1.72. The topological polar surface area (TPSA) is 55.2 Å². The van der Waals surface area contributed by atoms with Crippen LogP contribution in [0.15, 0.2) is 12.4 Å². The minimum absolute atomic E-state index is 0.106. The number of hydrogen-bond acceptors (Lipinski definition) is 4. The molecule has 1 aromatic rings. The average Bonchev–Trinajstić information content (AvgIpc) is 2.18. The van der Waals surface area contributed by atoms with Gasteiger partial charge in [0.05, 0.1) is 30.8 Å². The Morgan fingerprint density at radius 3 is 2.92 bits per heavy atom. The molecule has 0 radical (unpaired) electrons. The Morgan fingerprint density at radius 1 is 1.54 bits per heavy atom. The molecule has 0 saturated heterocycles. The molecule has 0 aliphatic rings. The maximum atomic E-state index is 8.80. The first-order chi connectivity index (χ1) is 6.26. The molecule has 1 unspecified atom stereocenters. The van der Waals surface area contributed by atoms with Gasteiger partial charge in [0.25, 0.3) is 0 Å². The van der Waals surface area contributed by atoms with Crippen LogP contribution in [0.2, 0.25) is 0 Å². The summed E-state index contributed by atoms with van der Waals surface area (Å²) in [5, 5.41) is 8.80. The molecule has 1 rings (SSSR count). The fourth-order valence-corrected chi connectivity index (χ4v) is 0.809. The second kappa shape index (κ2) is 4.77. The third-order valence-electron chi connectivity index (χ3n) is 1.72. The number of hydrogen-bond donors (Lipinski definition) is 1. The fraction of sp³-hybridized carbons (Fsp3) is 0.556. The van der Waals surface area contributed by atoms with E-state index >= 15 is 0 Å². The number of aliphatic hydroxyl groups excluding tert-OH is 1. The highest BCUT2D eigenvalue weighted by Gasteiger charge is 2.03. The maximum Gasteiger partial charge on any atom is 0.232 e. The summed E-state index contributed by atoms with van der Waals surface area (Å²) in [5.74, 6) is 0.473. The van der Waals surface area contributed by atoms with E-state index in [2.05, 4.69) is 9.97 Å². The highest BCUT2D eigenvalue weighted by molar-refractivity contribution is 5.07. The zero-order chi connectivity index (χ0) is 9.68. The van der Waals surface area contributed by atoms with Crippen molar-refractivity contribution in [2.75, 3.05) is 0 Å². The lowest BCUT2D eigenvalue weighted by Crippen LogP contribution is -2.11. The lowest BCUT2D eigenvalue weighted by molar-refractivity contribution is 0.204. The summed E-state index contributed by atoms with van der Waals surface area (Å²) in [5.41, 5.74) is 0.529. The lowest BCUT2D eigenvalue weighted by atomic mass is 10.3. The third kappa shape index (κ3) is 2.99. The quantitative estimate of drug-likeness (QED) is 0.758. The van der Waals surface area contributed by atoms with Crippen LogP contribution in [0.3, 0.4) is 0 Å². The van der Waals surface area contributed by atoms with Gasteiger partial charge >= 0.3 is 0 Å². The lowest BCUT2D eigenvalue weighted by Gasteiger charge is -2.10. The molecule has 1 N–H and O–H groups in total. The molecule has 0 aliphatic heterocycles. The zero-order valence-corrected chi connectivity index (χ0v) is 7.90. The van der Waals surface area contributed by atoms with Gasteiger partial charge in [-0.2, -0.15) is 0 Å². The maximum absolute atomic E-state index is 8.80. The van der Waals surface area contributed by atoms with Gasteiger partial charge in [-0.15, -0.1) is 0 Å². The first-order valence-electron chi connectivity index (χ1n) is 4.34. The van der Waals surface area contributed by atoms with Crippen LogP contribution >= 0.6 is 0 Å². The normalized spacial score (nSPS) is 12.5. The van der Waals surface area contributed by atoms with Crippen molar-refractivity contribution in [3.63, 3.8) is 0 Å². The summed E-state index contributed by atoms with van der Waals surface area (Å²) < 4.78 is 5.42. The van der Waals surface area contributed by atoms with E-state index in [1.165, 1.54) is 6.20 Å². The van der Waals surface area contributed by atoms with Crippen molar-refractivity contribution < 1.29 is 9.84 Å². The van der Waals surface area contributed by atoms with Crippen molar-refractivity contribution in [2.24, 2.45) is 0 Å². The van der Waals surface area contributed by atoms with Crippen molar-refractivity contribution in [3.8, 4) is 5.88 Å². The smallest absolute Gasteiger partial charge is 0.232 e. The molecule has 72 valence electrons. The number of aliphatic hydroxyl groups is 1. The summed E-state index contributed by atoms with van der Waals surface area (Å²) >= 11 is 0. The molecule has 1 atom stereocenters. The molecular formula is C9H14N2O2. The van der Waals surface area contributed by atoms with Crippen LogP contribution < -0.4 is 4.74 Å². The molecule has 0 bridgehead atoms. The molecular weight excluding hydrogens is 168 g/mol. The Kier molecular flexibility index (Phi) is 3.64. The first-order valence-corrected chi connectivity index (χ1v) is 4.34. The van der Waals surface area contributed by atoms with Crippen molar-refractivity contribution in [3.05, 3.63) is 18.1 Å². The number of aromatic nitrogens is 2. The van der Waals surface area contributed by atoms with Crippen molar-refractivity contribution in [1.82, 2.24) is 9.97 Å². The highest BCUT2D eigenvalue weighted by atomic mass is 16.5. The van der Waals surface area contributed by atoms with Crippen LogP contribution in [0.1, 0.15) is 26.0 Å². The standard InChI is InChI=1S/C9H14N2O2/c1-3-7(2)13-9-5-10-4-8(6-12)11-9/h4-5,7,12H,3,6H2,1-2H3. The Balaban J connectivity index is 2.66. The van der Waals surface area contributed by atoms with E-state index in [9.17, 15) is 0 Å². The number of nitrogens with zero attached hydrogens (tertiary/aromatic N) is 2. The molecule has 0 aromatic carbocycles. The van der Waals surface area contributed by atoms with Crippen LogP contribution in [0.4, 0.5) is 0 Å². The second-order valence-electron chi connectivity index (χ2n) is 2.84. The van der Waals surface area contributed by atoms with Gasteiger partial charge in [-0.1, -0.05) is 6.92 Å². The van der Waals surface area contributed by atoms with Gasteiger partial charge in [0, 0.05) is 0 Å². The molecule has 0 fully saturated rings. The Bertz CT molecular complexity index is 266. The molecule has 0 amide bonds. The van der Waals surface area contributed by atoms with Gasteiger partial charge in [-0.3, -0.25) is 4.98 Å². The van der Waals surface area contributed by atoms with E-state index < -0.39 is 0 Å². The Labute approximate surface area is 77.6 Å². The van der Waals surface area contributed by atoms with E-state index in [0.717, 1.165) is 6.42 Å². The van der Waals surface area contributed by atoms with E-state index in [-0.39, 0.29) is 12.7 Å². The van der Waals surface area contributed by atoms with Crippen LogP contribution in [-0.2, 0) is 6.61 Å². The molecule has 4 nitrogen and oxygen atoms in total. The van der Waals surface area contributed by atoms with Gasteiger partial charge in [0.1, 0.15) is 0 Å². The molecule has 0 aliphatic carbocycles. The van der Waals surface area contributed by atoms with Gasteiger partial charge in [-0.25, -0.2) is 4.98 Å².